The number of carboxylic acid groups (broad SMARTS) is 1. The van der Waals surface area contributed by atoms with Crippen LogP contribution in [0.4, 0.5) is 4.39 Å². The Morgan fingerprint density at radius 3 is 2.91 bits per heavy atom. The number of aryl methyl sites for hydroxylation is 1. The van der Waals surface area contributed by atoms with Gasteiger partial charge in [0.25, 0.3) is 0 Å². The molecule has 2 aromatic rings. The molecule has 22 heavy (non-hydrogen) atoms. The molecular formula is C17H18FNO2S. The zero-order valence-corrected chi connectivity index (χ0v) is 13.1. The molecule has 0 radical (unpaired) electrons. The van der Waals surface area contributed by atoms with E-state index in [0.717, 1.165) is 29.0 Å². The van der Waals surface area contributed by atoms with Gasteiger partial charge in [0.15, 0.2) is 0 Å². The van der Waals surface area contributed by atoms with Gasteiger partial charge in [0, 0.05) is 11.4 Å². The Morgan fingerprint density at radius 2 is 2.27 bits per heavy atom. The maximum absolute atomic E-state index is 13.7. The van der Waals surface area contributed by atoms with E-state index in [1.54, 1.807) is 17.4 Å². The molecule has 1 saturated heterocycles. The molecule has 0 saturated carbocycles. The predicted octanol–water partition coefficient (Wildman–Crippen LogP) is 3.83. The molecule has 1 aromatic carbocycles. The molecular weight excluding hydrogens is 301 g/mol. The third kappa shape index (κ3) is 2.78. The minimum absolute atomic E-state index is 0.195. The molecule has 0 bridgehead atoms. The van der Waals surface area contributed by atoms with Gasteiger partial charge in [0.1, 0.15) is 11.9 Å². The van der Waals surface area contributed by atoms with Crippen molar-refractivity contribution in [3.8, 4) is 0 Å². The lowest BCUT2D eigenvalue weighted by atomic mass is 10.00. The van der Waals surface area contributed by atoms with Crippen LogP contribution in [0, 0.1) is 12.7 Å². The van der Waals surface area contributed by atoms with Crippen LogP contribution >= 0.6 is 11.3 Å². The zero-order valence-electron chi connectivity index (χ0n) is 12.3. The first-order valence-electron chi connectivity index (χ1n) is 7.36. The first-order valence-corrected chi connectivity index (χ1v) is 8.24. The summed E-state index contributed by atoms with van der Waals surface area (Å²) >= 11 is 1.60. The van der Waals surface area contributed by atoms with Crippen LogP contribution in [0.25, 0.3) is 0 Å². The van der Waals surface area contributed by atoms with E-state index < -0.39 is 12.0 Å². The number of carbonyl (C=O) groups is 1. The molecule has 3 nitrogen and oxygen atoms in total. The van der Waals surface area contributed by atoms with Crippen molar-refractivity contribution < 1.29 is 14.3 Å². The van der Waals surface area contributed by atoms with Gasteiger partial charge in [-0.3, -0.25) is 9.69 Å². The molecule has 1 aliphatic heterocycles. The second-order valence-corrected chi connectivity index (χ2v) is 6.61. The van der Waals surface area contributed by atoms with Gasteiger partial charge < -0.3 is 5.11 Å². The summed E-state index contributed by atoms with van der Waals surface area (Å²) in [7, 11) is 0. The van der Waals surface area contributed by atoms with Crippen LogP contribution in [-0.2, 0) is 4.79 Å². The Morgan fingerprint density at radius 1 is 1.45 bits per heavy atom. The number of thiophene rings is 1. The number of nitrogens with zero attached hydrogens (tertiary/aromatic N) is 1. The normalized spacial score (nSPS) is 20.2. The molecule has 1 fully saturated rings. The average molecular weight is 319 g/mol. The number of benzene rings is 1. The minimum atomic E-state index is -0.798. The lowest BCUT2D eigenvalue weighted by Gasteiger charge is -2.31. The van der Waals surface area contributed by atoms with Crippen LogP contribution in [0.1, 0.15) is 34.9 Å². The third-order valence-corrected chi connectivity index (χ3v) is 5.30. The van der Waals surface area contributed by atoms with E-state index in [2.05, 4.69) is 0 Å². The van der Waals surface area contributed by atoms with Gasteiger partial charge >= 0.3 is 5.97 Å². The third-order valence-electron chi connectivity index (χ3n) is 4.23. The summed E-state index contributed by atoms with van der Waals surface area (Å²) in [5, 5.41) is 11.5. The Labute approximate surface area is 133 Å². The van der Waals surface area contributed by atoms with Crippen LogP contribution < -0.4 is 0 Å². The molecule has 2 heterocycles. The van der Waals surface area contributed by atoms with Gasteiger partial charge in [-0.2, -0.15) is 0 Å². The summed E-state index contributed by atoms with van der Waals surface area (Å²) < 4.78 is 13.7. The van der Waals surface area contributed by atoms with Gasteiger partial charge in [-0.1, -0.05) is 12.1 Å². The van der Waals surface area contributed by atoms with Crippen LogP contribution in [-0.4, -0.2) is 28.6 Å². The molecule has 2 unspecified atom stereocenters. The van der Waals surface area contributed by atoms with Gasteiger partial charge in [-0.25, -0.2) is 4.39 Å². The molecule has 116 valence electrons. The molecule has 3 rings (SSSR count). The summed E-state index contributed by atoms with van der Waals surface area (Å²) in [4.78, 5) is 14.6. The lowest BCUT2D eigenvalue weighted by molar-refractivity contribution is -0.142. The number of hydrogen-bond donors (Lipinski definition) is 1. The Hall–Kier alpha value is -1.72. The van der Waals surface area contributed by atoms with Crippen molar-refractivity contribution in [2.45, 2.75) is 31.8 Å². The number of likely N-dealkylation sites (tertiary alicyclic amines) is 1. The van der Waals surface area contributed by atoms with Crippen LogP contribution in [0.15, 0.2) is 35.7 Å². The molecule has 0 amide bonds. The van der Waals surface area contributed by atoms with E-state index in [9.17, 15) is 14.3 Å². The van der Waals surface area contributed by atoms with Crippen molar-refractivity contribution in [3.05, 3.63) is 57.5 Å². The standard InChI is InChI=1S/C17H18FNO2S/c1-11-7-9-22-16(11)15(12-4-2-5-13(18)10-12)19-8-3-6-14(19)17(20)21/h2,4-5,7,9-10,14-15H,3,6,8H2,1H3,(H,20,21). The Bertz CT molecular complexity index is 685. The van der Waals surface area contributed by atoms with Crippen LogP contribution in [0.3, 0.4) is 0 Å². The largest absolute Gasteiger partial charge is 0.480 e. The van der Waals surface area contributed by atoms with E-state index in [1.807, 2.05) is 29.3 Å². The van der Waals surface area contributed by atoms with Crippen molar-refractivity contribution in [2.24, 2.45) is 0 Å². The Balaban J connectivity index is 2.07. The number of rotatable bonds is 4. The number of hydrogen-bond acceptors (Lipinski definition) is 3. The highest BCUT2D eigenvalue weighted by molar-refractivity contribution is 7.10. The van der Waals surface area contributed by atoms with E-state index in [0.29, 0.717) is 6.42 Å². The maximum atomic E-state index is 13.7. The van der Waals surface area contributed by atoms with Gasteiger partial charge in [-0.05, 0) is 54.5 Å². The van der Waals surface area contributed by atoms with E-state index in [4.69, 9.17) is 0 Å². The maximum Gasteiger partial charge on any atom is 0.320 e. The van der Waals surface area contributed by atoms with Crippen molar-refractivity contribution >= 4 is 17.3 Å². The van der Waals surface area contributed by atoms with E-state index >= 15 is 0 Å². The first kappa shape index (κ1) is 15.2. The van der Waals surface area contributed by atoms with Crippen molar-refractivity contribution in [1.82, 2.24) is 4.90 Å². The fourth-order valence-corrected chi connectivity index (χ4v) is 4.27. The van der Waals surface area contributed by atoms with Crippen molar-refractivity contribution in [3.63, 3.8) is 0 Å². The first-order chi connectivity index (χ1) is 10.6. The van der Waals surface area contributed by atoms with Crippen LogP contribution in [0.2, 0.25) is 0 Å². The second-order valence-electron chi connectivity index (χ2n) is 5.66. The highest BCUT2D eigenvalue weighted by Gasteiger charge is 2.37. The molecule has 1 aromatic heterocycles. The fraction of sp³-hybridized carbons (Fsp3) is 0.353. The summed E-state index contributed by atoms with van der Waals surface area (Å²) in [5.41, 5.74) is 1.94. The molecule has 5 heteroatoms. The quantitative estimate of drug-likeness (QED) is 0.931. The summed E-state index contributed by atoms with van der Waals surface area (Å²) in [6, 6.07) is 7.82. The average Bonchev–Trinajstić information content (AvgIpc) is 3.10. The topological polar surface area (TPSA) is 40.5 Å². The van der Waals surface area contributed by atoms with Crippen molar-refractivity contribution in [1.29, 1.82) is 0 Å². The van der Waals surface area contributed by atoms with E-state index in [1.165, 1.54) is 12.1 Å². The van der Waals surface area contributed by atoms with Gasteiger partial charge in [0.05, 0.1) is 6.04 Å². The monoisotopic (exact) mass is 319 g/mol. The highest BCUT2D eigenvalue weighted by atomic mass is 32.1. The number of aliphatic carboxylic acids is 1. The van der Waals surface area contributed by atoms with Gasteiger partial charge in [0.2, 0.25) is 0 Å². The van der Waals surface area contributed by atoms with Crippen LogP contribution in [0.5, 0.6) is 0 Å². The summed E-state index contributed by atoms with van der Waals surface area (Å²) in [6.07, 6.45) is 1.50. The second kappa shape index (κ2) is 6.18. The molecule has 1 aliphatic rings. The highest BCUT2D eigenvalue weighted by Crippen LogP contribution is 2.38. The minimum Gasteiger partial charge on any atom is -0.480 e. The smallest absolute Gasteiger partial charge is 0.320 e. The van der Waals surface area contributed by atoms with E-state index in [-0.39, 0.29) is 11.9 Å². The SMILES string of the molecule is Cc1ccsc1C(c1cccc(F)c1)N1CCCC1C(=O)O. The fourth-order valence-electron chi connectivity index (χ4n) is 3.20. The van der Waals surface area contributed by atoms with Gasteiger partial charge in [-0.15, -0.1) is 11.3 Å². The molecule has 0 spiro atoms. The number of halogens is 1. The predicted molar refractivity (Wildman–Crippen MR) is 84.7 cm³/mol. The summed E-state index contributed by atoms with van der Waals surface area (Å²) in [5.74, 6) is -1.09. The molecule has 2 atom stereocenters. The number of carboxylic acids is 1. The molecule has 0 aliphatic carbocycles. The lowest BCUT2D eigenvalue weighted by Crippen LogP contribution is -2.39. The zero-order chi connectivity index (χ0) is 15.7. The van der Waals surface area contributed by atoms with Crippen molar-refractivity contribution in [2.75, 3.05) is 6.54 Å². The summed E-state index contributed by atoms with van der Waals surface area (Å²) in [6.45, 7) is 2.74. The molecule has 1 N–H and O–H groups in total. The Kier molecular flexibility index (Phi) is 4.27.